The molecule has 1 aromatic rings. The molecule has 0 atom stereocenters. The molecule has 3 N–H and O–H groups in total. The summed E-state index contributed by atoms with van der Waals surface area (Å²) in [5.41, 5.74) is 5.87. The van der Waals surface area contributed by atoms with E-state index in [1.807, 2.05) is 0 Å². The molecule has 0 unspecified atom stereocenters. The highest BCUT2D eigenvalue weighted by Crippen LogP contribution is 2.28. The molecule has 4 heteroatoms. The van der Waals surface area contributed by atoms with E-state index in [0.717, 1.165) is 24.4 Å². The highest BCUT2D eigenvalue weighted by molar-refractivity contribution is 5.94. The molecule has 3 nitrogen and oxygen atoms in total. The second kappa shape index (κ2) is 6.04. The summed E-state index contributed by atoms with van der Waals surface area (Å²) in [6.45, 7) is 2.23. The number of carbonyl (C=O) groups excluding carboxylic acids is 1. The minimum Gasteiger partial charge on any atom is -0.382 e. The summed E-state index contributed by atoms with van der Waals surface area (Å²) in [5.74, 6) is -0.448. The lowest BCUT2D eigenvalue weighted by Gasteiger charge is -2.29. The maximum Gasteiger partial charge on any atom is 0.251 e. The quantitative estimate of drug-likeness (QED) is 0.876. The van der Waals surface area contributed by atoms with Crippen LogP contribution in [0.25, 0.3) is 0 Å². The van der Waals surface area contributed by atoms with E-state index in [2.05, 4.69) is 12.2 Å². The fraction of sp³-hybridized carbons (Fsp3) is 0.533. The summed E-state index contributed by atoms with van der Waals surface area (Å²) in [7, 11) is 0. The van der Waals surface area contributed by atoms with E-state index < -0.39 is 11.7 Å². The number of anilines is 1. The number of amides is 1. The van der Waals surface area contributed by atoms with Crippen molar-refractivity contribution in [1.29, 1.82) is 0 Å². The van der Waals surface area contributed by atoms with Gasteiger partial charge in [-0.3, -0.25) is 4.79 Å². The van der Waals surface area contributed by atoms with Gasteiger partial charge in [0, 0.05) is 11.7 Å². The van der Waals surface area contributed by atoms with Crippen molar-refractivity contribution in [2.45, 2.75) is 45.1 Å². The van der Waals surface area contributed by atoms with Gasteiger partial charge in [-0.2, -0.15) is 0 Å². The van der Waals surface area contributed by atoms with Gasteiger partial charge >= 0.3 is 0 Å². The van der Waals surface area contributed by atoms with Crippen LogP contribution in [0.4, 0.5) is 10.1 Å². The van der Waals surface area contributed by atoms with Crippen molar-refractivity contribution in [2.75, 3.05) is 5.32 Å². The molecule has 1 amide bonds. The summed E-state index contributed by atoms with van der Waals surface area (Å²) in [6, 6.07) is 4.87. The molecule has 104 valence electrons. The van der Waals surface area contributed by atoms with E-state index in [9.17, 15) is 9.18 Å². The Kier molecular flexibility index (Phi) is 4.40. The Morgan fingerprint density at radius 2 is 2.05 bits per heavy atom. The van der Waals surface area contributed by atoms with Crippen LogP contribution in [-0.2, 0) is 0 Å². The zero-order chi connectivity index (χ0) is 13.8. The third kappa shape index (κ3) is 3.46. The molecule has 0 aromatic heterocycles. The highest BCUT2D eigenvalue weighted by Gasteiger charge is 2.20. The maximum absolute atomic E-state index is 13.4. The van der Waals surface area contributed by atoms with Gasteiger partial charge in [-0.25, -0.2) is 4.39 Å². The van der Waals surface area contributed by atoms with Crippen LogP contribution in [0.15, 0.2) is 18.2 Å². The van der Waals surface area contributed by atoms with Crippen molar-refractivity contribution in [1.82, 2.24) is 0 Å². The van der Waals surface area contributed by atoms with Crippen LogP contribution in [-0.4, -0.2) is 11.9 Å². The second-order valence-corrected chi connectivity index (χ2v) is 5.33. The van der Waals surface area contributed by atoms with E-state index in [4.69, 9.17) is 5.73 Å². The summed E-state index contributed by atoms with van der Waals surface area (Å²) in [5, 5.41) is 3.37. The van der Waals surface area contributed by atoms with Gasteiger partial charge in [-0.05, 0) is 49.8 Å². The molecule has 0 saturated heterocycles. The first kappa shape index (κ1) is 13.8. The predicted octanol–water partition coefficient (Wildman–Crippen LogP) is 3.31. The van der Waals surface area contributed by atoms with Crippen LogP contribution in [0.5, 0.6) is 0 Å². The first-order valence-electron chi connectivity index (χ1n) is 6.96. The number of halogens is 1. The third-order valence-corrected chi connectivity index (χ3v) is 4.03. The number of hydrogen-bond donors (Lipinski definition) is 2. The molecule has 2 rings (SSSR count). The van der Waals surface area contributed by atoms with Gasteiger partial charge in [0.1, 0.15) is 5.82 Å². The largest absolute Gasteiger partial charge is 0.382 e. The standard InChI is InChI=1S/C15H21FN2O/c1-2-10-3-5-11(6-4-10)18-12-7-8-14(16)13(9-12)15(17)19/h7-11,18H,2-6H2,1H3,(H2,17,19). The number of primary amides is 1. The van der Waals surface area contributed by atoms with E-state index in [0.29, 0.717) is 6.04 Å². The smallest absolute Gasteiger partial charge is 0.251 e. The monoisotopic (exact) mass is 264 g/mol. The number of rotatable bonds is 4. The molecular formula is C15H21FN2O. The van der Waals surface area contributed by atoms with E-state index in [1.54, 1.807) is 6.07 Å². The highest BCUT2D eigenvalue weighted by atomic mass is 19.1. The average Bonchev–Trinajstić information content (AvgIpc) is 2.41. The number of nitrogens with two attached hydrogens (primary N) is 1. The van der Waals surface area contributed by atoms with Gasteiger partial charge in [-0.15, -0.1) is 0 Å². The van der Waals surface area contributed by atoms with Crippen LogP contribution in [0.3, 0.4) is 0 Å². The Balaban J connectivity index is 2.00. The molecule has 1 fully saturated rings. The van der Waals surface area contributed by atoms with Crippen molar-refractivity contribution < 1.29 is 9.18 Å². The predicted molar refractivity (Wildman–Crippen MR) is 74.6 cm³/mol. The van der Waals surface area contributed by atoms with Gasteiger partial charge in [0.15, 0.2) is 0 Å². The molecule has 0 bridgehead atoms. The molecule has 1 aliphatic carbocycles. The van der Waals surface area contributed by atoms with Crippen LogP contribution in [0, 0.1) is 11.7 Å². The number of hydrogen-bond acceptors (Lipinski definition) is 2. The Hall–Kier alpha value is -1.58. The van der Waals surface area contributed by atoms with E-state index in [-0.39, 0.29) is 5.56 Å². The number of nitrogens with one attached hydrogen (secondary N) is 1. The number of carbonyl (C=O) groups is 1. The molecule has 0 spiro atoms. The summed E-state index contributed by atoms with van der Waals surface area (Å²) in [4.78, 5) is 11.1. The molecule has 1 aliphatic rings. The van der Waals surface area contributed by atoms with Gasteiger partial charge in [0.2, 0.25) is 0 Å². The molecule has 0 aliphatic heterocycles. The van der Waals surface area contributed by atoms with E-state index in [1.165, 1.54) is 31.4 Å². The average molecular weight is 264 g/mol. The van der Waals surface area contributed by atoms with Gasteiger partial charge < -0.3 is 11.1 Å². The van der Waals surface area contributed by atoms with Crippen LogP contribution < -0.4 is 11.1 Å². The van der Waals surface area contributed by atoms with Crippen LogP contribution >= 0.6 is 0 Å². The van der Waals surface area contributed by atoms with Crippen LogP contribution in [0.1, 0.15) is 49.4 Å². The lowest BCUT2D eigenvalue weighted by Crippen LogP contribution is -2.26. The van der Waals surface area contributed by atoms with Gasteiger partial charge in [0.25, 0.3) is 5.91 Å². The van der Waals surface area contributed by atoms with Crippen molar-refractivity contribution in [3.05, 3.63) is 29.6 Å². The zero-order valence-electron chi connectivity index (χ0n) is 11.3. The minimum absolute atomic E-state index is 0.0488. The topological polar surface area (TPSA) is 55.1 Å². The fourth-order valence-corrected chi connectivity index (χ4v) is 2.75. The second-order valence-electron chi connectivity index (χ2n) is 5.33. The summed E-state index contributed by atoms with van der Waals surface area (Å²) >= 11 is 0. The Morgan fingerprint density at radius 3 is 2.63 bits per heavy atom. The number of benzene rings is 1. The van der Waals surface area contributed by atoms with Crippen LogP contribution in [0.2, 0.25) is 0 Å². The normalized spacial score (nSPS) is 23.1. The molecular weight excluding hydrogens is 243 g/mol. The molecule has 19 heavy (non-hydrogen) atoms. The summed E-state index contributed by atoms with van der Waals surface area (Å²) in [6.07, 6.45) is 5.97. The third-order valence-electron chi connectivity index (χ3n) is 4.03. The molecule has 0 heterocycles. The Labute approximate surface area is 113 Å². The van der Waals surface area contributed by atoms with Crippen molar-refractivity contribution >= 4 is 11.6 Å². The van der Waals surface area contributed by atoms with Gasteiger partial charge in [0.05, 0.1) is 5.56 Å². The Bertz CT molecular complexity index is 453. The molecule has 0 radical (unpaired) electrons. The first-order valence-corrected chi connectivity index (χ1v) is 6.96. The molecule has 1 saturated carbocycles. The van der Waals surface area contributed by atoms with Crippen molar-refractivity contribution in [3.8, 4) is 0 Å². The Morgan fingerprint density at radius 1 is 1.37 bits per heavy atom. The SMILES string of the molecule is CCC1CCC(Nc2ccc(F)c(C(N)=O)c2)CC1. The lowest BCUT2D eigenvalue weighted by atomic mass is 9.84. The minimum atomic E-state index is -0.726. The van der Waals surface area contributed by atoms with Gasteiger partial charge in [-0.1, -0.05) is 13.3 Å². The maximum atomic E-state index is 13.4. The zero-order valence-corrected chi connectivity index (χ0v) is 11.3. The first-order chi connectivity index (χ1) is 9.10. The van der Waals surface area contributed by atoms with E-state index >= 15 is 0 Å². The summed E-state index contributed by atoms with van der Waals surface area (Å²) < 4.78 is 13.4. The lowest BCUT2D eigenvalue weighted by molar-refractivity contribution is 0.0996. The van der Waals surface area contributed by atoms with Crippen molar-refractivity contribution in [3.63, 3.8) is 0 Å². The molecule has 1 aromatic carbocycles. The fourth-order valence-electron chi connectivity index (χ4n) is 2.75. The van der Waals surface area contributed by atoms with Crippen molar-refractivity contribution in [2.24, 2.45) is 11.7 Å².